The van der Waals surface area contributed by atoms with Crippen LogP contribution in [0.2, 0.25) is 0 Å². The Morgan fingerprint density at radius 1 is 1.53 bits per heavy atom. The van der Waals surface area contributed by atoms with E-state index in [-0.39, 0.29) is 11.5 Å². The van der Waals surface area contributed by atoms with Crippen molar-refractivity contribution >= 4 is 11.6 Å². The number of halogens is 1. The molecule has 3 heteroatoms. The summed E-state index contributed by atoms with van der Waals surface area (Å²) in [5.74, 6) is 1.97. The number of ether oxygens (including phenoxy) is 2. The van der Waals surface area contributed by atoms with Crippen LogP contribution in [0, 0.1) is 0 Å². The fourth-order valence-electron chi connectivity index (χ4n) is 2.22. The summed E-state index contributed by atoms with van der Waals surface area (Å²) in [6.07, 6.45) is 3.13. The molecule has 2 atom stereocenters. The van der Waals surface area contributed by atoms with Crippen LogP contribution < -0.4 is 9.47 Å². The summed E-state index contributed by atoms with van der Waals surface area (Å²) in [6, 6.07) is 4.21. The van der Waals surface area contributed by atoms with Crippen molar-refractivity contribution in [1.29, 1.82) is 0 Å². The molecule has 0 amide bonds. The van der Waals surface area contributed by atoms with Crippen molar-refractivity contribution in [2.75, 3.05) is 7.11 Å². The zero-order valence-electron chi connectivity index (χ0n) is 10.6. The average Bonchev–Trinajstić information content (AvgIpc) is 2.63. The van der Waals surface area contributed by atoms with Crippen LogP contribution in [0.5, 0.6) is 11.5 Å². The van der Waals surface area contributed by atoms with Gasteiger partial charge >= 0.3 is 0 Å². The number of benzene rings is 1. The van der Waals surface area contributed by atoms with Crippen LogP contribution in [-0.2, 0) is 12.8 Å². The Balaban J connectivity index is 2.23. The average molecular weight is 255 g/mol. The summed E-state index contributed by atoms with van der Waals surface area (Å²) in [5, 5.41) is 0.188. The number of hydrogen-bond acceptors (Lipinski definition) is 2. The molecule has 1 heterocycles. The van der Waals surface area contributed by atoms with E-state index in [0.717, 1.165) is 30.8 Å². The maximum atomic E-state index is 5.99. The Kier molecular flexibility index (Phi) is 3.82. The van der Waals surface area contributed by atoms with Gasteiger partial charge in [-0.2, -0.15) is 0 Å². The molecule has 0 radical (unpaired) electrons. The van der Waals surface area contributed by atoms with Gasteiger partial charge in [-0.25, -0.2) is 0 Å². The van der Waals surface area contributed by atoms with Gasteiger partial charge < -0.3 is 9.47 Å². The van der Waals surface area contributed by atoms with Crippen molar-refractivity contribution in [2.24, 2.45) is 0 Å². The summed E-state index contributed by atoms with van der Waals surface area (Å²) in [6.45, 7) is 4.10. The van der Waals surface area contributed by atoms with Crippen molar-refractivity contribution in [2.45, 2.75) is 44.6 Å². The molecule has 1 aromatic carbocycles. The molecule has 0 bridgehead atoms. The molecule has 0 N–H and O–H groups in total. The highest BCUT2D eigenvalue weighted by atomic mass is 35.5. The molecule has 1 aliphatic heterocycles. The van der Waals surface area contributed by atoms with Crippen LogP contribution in [-0.4, -0.2) is 18.6 Å². The monoisotopic (exact) mass is 254 g/mol. The lowest BCUT2D eigenvalue weighted by molar-refractivity contribution is 0.254. The lowest BCUT2D eigenvalue weighted by atomic mass is 10.0. The molecule has 94 valence electrons. The third-order valence-corrected chi connectivity index (χ3v) is 3.33. The molecule has 17 heavy (non-hydrogen) atoms. The summed E-state index contributed by atoms with van der Waals surface area (Å²) in [5.41, 5.74) is 2.44. The van der Waals surface area contributed by atoms with E-state index in [4.69, 9.17) is 21.1 Å². The molecule has 2 unspecified atom stereocenters. The zero-order valence-corrected chi connectivity index (χ0v) is 11.4. The lowest BCUT2D eigenvalue weighted by Gasteiger charge is -2.11. The lowest BCUT2D eigenvalue weighted by Crippen LogP contribution is -2.05. The van der Waals surface area contributed by atoms with Gasteiger partial charge in [-0.3, -0.25) is 0 Å². The SMILES string of the molecule is COc1cc2c(cc1CCC(C)Cl)OC(C)C2. The van der Waals surface area contributed by atoms with Crippen molar-refractivity contribution in [3.8, 4) is 11.5 Å². The number of hydrogen-bond donors (Lipinski definition) is 0. The van der Waals surface area contributed by atoms with E-state index >= 15 is 0 Å². The summed E-state index contributed by atoms with van der Waals surface area (Å²) in [4.78, 5) is 0. The van der Waals surface area contributed by atoms with Crippen LogP contribution in [0.25, 0.3) is 0 Å². The molecule has 1 aliphatic rings. The van der Waals surface area contributed by atoms with Gasteiger partial charge in [-0.15, -0.1) is 11.6 Å². The second kappa shape index (κ2) is 5.18. The van der Waals surface area contributed by atoms with E-state index in [1.807, 2.05) is 6.92 Å². The van der Waals surface area contributed by atoms with Crippen molar-refractivity contribution in [3.05, 3.63) is 23.3 Å². The normalized spacial score (nSPS) is 19.6. The second-order valence-corrected chi connectivity index (χ2v) is 5.47. The quantitative estimate of drug-likeness (QED) is 0.765. The highest BCUT2D eigenvalue weighted by Gasteiger charge is 2.21. The third kappa shape index (κ3) is 2.86. The first-order valence-electron chi connectivity index (χ1n) is 6.10. The van der Waals surface area contributed by atoms with Gasteiger partial charge in [-0.1, -0.05) is 0 Å². The molecule has 0 spiro atoms. The van der Waals surface area contributed by atoms with Crippen LogP contribution in [0.1, 0.15) is 31.4 Å². The molecule has 0 fully saturated rings. The van der Waals surface area contributed by atoms with Gasteiger partial charge in [0.2, 0.25) is 0 Å². The first-order chi connectivity index (χ1) is 8.10. The standard InChI is InChI=1S/C14H19ClO2/c1-9(15)4-5-11-7-14-12(6-10(2)17-14)8-13(11)16-3/h7-10H,4-6H2,1-3H3. The Morgan fingerprint density at radius 2 is 2.29 bits per heavy atom. The first-order valence-corrected chi connectivity index (χ1v) is 6.54. The summed E-state index contributed by atoms with van der Waals surface area (Å²) < 4.78 is 11.2. The number of methoxy groups -OCH3 is 1. The van der Waals surface area contributed by atoms with E-state index < -0.39 is 0 Å². The Bertz CT molecular complexity index is 401. The van der Waals surface area contributed by atoms with E-state index in [0.29, 0.717) is 0 Å². The molecular weight excluding hydrogens is 236 g/mol. The minimum atomic E-state index is 0.188. The number of rotatable bonds is 4. The maximum absolute atomic E-state index is 5.99. The van der Waals surface area contributed by atoms with Gasteiger partial charge in [0.05, 0.1) is 7.11 Å². The smallest absolute Gasteiger partial charge is 0.123 e. The number of alkyl halides is 1. The summed E-state index contributed by atoms with van der Waals surface area (Å²) in [7, 11) is 1.72. The molecule has 1 aromatic rings. The van der Waals surface area contributed by atoms with Gasteiger partial charge in [0, 0.05) is 17.4 Å². The van der Waals surface area contributed by atoms with Crippen molar-refractivity contribution in [1.82, 2.24) is 0 Å². The predicted octanol–water partition coefficient (Wildman–Crippen LogP) is 3.58. The Hall–Kier alpha value is -0.890. The minimum Gasteiger partial charge on any atom is -0.496 e. The Morgan fingerprint density at radius 3 is 2.94 bits per heavy atom. The molecule has 0 aliphatic carbocycles. The van der Waals surface area contributed by atoms with Crippen LogP contribution in [0.3, 0.4) is 0 Å². The van der Waals surface area contributed by atoms with E-state index in [1.165, 1.54) is 11.1 Å². The second-order valence-electron chi connectivity index (χ2n) is 4.72. The molecular formula is C14H19ClO2. The minimum absolute atomic E-state index is 0.188. The third-order valence-electron chi connectivity index (χ3n) is 3.11. The number of aryl methyl sites for hydroxylation is 1. The highest BCUT2D eigenvalue weighted by Crippen LogP contribution is 2.35. The molecule has 0 saturated heterocycles. The van der Waals surface area contributed by atoms with Gasteiger partial charge in [-0.05, 0) is 44.4 Å². The zero-order chi connectivity index (χ0) is 12.4. The first kappa shape index (κ1) is 12.6. The largest absolute Gasteiger partial charge is 0.496 e. The topological polar surface area (TPSA) is 18.5 Å². The molecule has 0 aromatic heterocycles. The van der Waals surface area contributed by atoms with E-state index in [1.54, 1.807) is 7.11 Å². The number of fused-ring (bicyclic) bond motifs is 1. The molecule has 2 rings (SSSR count). The molecule has 0 saturated carbocycles. The molecule has 2 nitrogen and oxygen atoms in total. The van der Waals surface area contributed by atoms with E-state index in [9.17, 15) is 0 Å². The van der Waals surface area contributed by atoms with Gasteiger partial charge in [0.15, 0.2) is 0 Å². The van der Waals surface area contributed by atoms with Gasteiger partial charge in [0.25, 0.3) is 0 Å². The van der Waals surface area contributed by atoms with Crippen LogP contribution in [0.4, 0.5) is 0 Å². The van der Waals surface area contributed by atoms with Crippen molar-refractivity contribution in [3.63, 3.8) is 0 Å². The maximum Gasteiger partial charge on any atom is 0.123 e. The van der Waals surface area contributed by atoms with Crippen LogP contribution >= 0.6 is 11.6 Å². The van der Waals surface area contributed by atoms with Gasteiger partial charge in [0.1, 0.15) is 17.6 Å². The highest BCUT2D eigenvalue weighted by molar-refractivity contribution is 6.20. The van der Waals surface area contributed by atoms with Crippen LogP contribution in [0.15, 0.2) is 12.1 Å². The summed E-state index contributed by atoms with van der Waals surface area (Å²) >= 11 is 5.99. The Labute approximate surface area is 108 Å². The van der Waals surface area contributed by atoms with E-state index in [2.05, 4.69) is 19.1 Å². The fraction of sp³-hybridized carbons (Fsp3) is 0.571. The predicted molar refractivity (Wildman–Crippen MR) is 70.4 cm³/mol. The fourth-order valence-corrected chi connectivity index (χ4v) is 2.33. The van der Waals surface area contributed by atoms with Crippen molar-refractivity contribution < 1.29 is 9.47 Å².